The molecule has 1 aliphatic rings. The lowest BCUT2D eigenvalue weighted by Crippen LogP contribution is -2.47. The Balaban J connectivity index is 1.90. The summed E-state index contributed by atoms with van der Waals surface area (Å²) in [5.74, 6) is -4.27. The third-order valence-electron chi connectivity index (χ3n) is 4.26. The van der Waals surface area contributed by atoms with Crippen LogP contribution in [0, 0.1) is 17.6 Å². The van der Waals surface area contributed by atoms with E-state index >= 15 is 0 Å². The summed E-state index contributed by atoms with van der Waals surface area (Å²) in [6.45, 7) is 0.419. The Kier molecular flexibility index (Phi) is 6.06. The monoisotopic (exact) mass is 354 g/mol. The first-order valence-corrected chi connectivity index (χ1v) is 7.96. The van der Waals surface area contributed by atoms with Crippen LogP contribution in [0.4, 0.5) is 8.78 Å². The Morgan fingerprint density at radius 3 is 2.64 bits per heavy atom. The number of rotatable bonds is 5. The van der Waals surface area contributed by atoms with Crippen molar-refractivity contribution in [1.82, 2.24) is 9.80 Å². The van der Waals surface area contributed by atoms with E-state index in [4.69, 9.17) is 5.11 Å². The molecule has 1 saturated heterocycles. The highest BCUT2D eigenvalue weighted by Gasteiger charge is 2.29. The van der Waals surface area contributed by atoms with Gasteiger partial charge < -0.3 is 14.9 Å². The molecule has 0 aliphatic carbocycles. The van der Waals surface area contributed by atoms with Gasteiger partial charge in [0.25, 0.3) is 0 Å². The third-order valence-corrected chi connectivity index (χ3v) is 4.26. The van der Waals surface area contributed by atoms with E-state index < -0.39 is 29.4 Å². The van der Waals surface area contributed by atoms with Gasteiger partial charge in [-0.1, -0.05) is 6.07 Å². The number of likely N-dealkylation sites (tertiary alicyclic amines) is 1. The van der Waals surface area contributed by atoms with E-state index in [1.165, 1.54) is 22.9 Å². The minimum atomic E-state index is -1.03. The summed E-state index contributed by atoms with van der Waals surface area (Å²) in [5.41, 5.74) is 0.312. The van der Waals surface area contributed by atoms with Crippen molar-refractivity contribution in [2.45, 2.75) is 19.3 Å². The molecular weight excluding hydrogens is 334 g/mol. The number of aliphatic carboxylic acids is 1. The lowest BCUT2D eigenvalue weighted by Gasteiger charge is -2.32. The molecule has 6 nitrogen and oxygen atoms in total. The van der Waals surface area contributed by atoms with Crippen molar-refractivity contribution in [1.29, 1.82) is 0 Å². The topological polar surface area (TPSA) is 77.9 Å². The second-order valence-corrected chi connectivity index (χ2v) is 6.19. The molecule has 1 heterocycles. The highest BCUT2D eigenvalue weighted by Crippen LogP contribution is 2.17. The normalized spacial score (nSPS) is 17.2. The Morgan fingerprint density at radius 1 is 1.28 bits per heavy atom. The van der Waals surface area contributed by atoms with Crippen molar-refractivity contribution < 1.29 is 28.3 Å². The van der Waals surface area contributed by atoms with Gasteiger partial charge in [-0.2, -0.15) is 0 Å². The number of halogens is 2. The van der Waals surface area contributed by atoms with Crippen molar-refractivity contribution in [2.24, 2.45) is 5.92 Å². The van der Waals surface area contributed by atoms with Crippen LogP contribution in [0.2, 0.25) is 0 Å². The molecule has 1 aliphatic heterocycles. The van der Waals surface area contributed by atoms with E-state index in [0.29, 0.717) is 24.9 Å². The molecule has 0 spiro atoms. The molecule has 0 saturated carbocycles. The van der Waals surface area contributed by atoms with Crippen LogP contribution in [-0.4, -0.2) is 59.4 Å². The Bertz CT molecular complexity index is 681. The van der Waals surface area contributed by atoms with Gasteiger partial charge in [0, 0.05) is 20.1 Å². The molecule has 1 N–H and O–H groups in total. The maximum atomic E-state index is 13.2. The average Bonchev–Trinajstić information content (AvgIpc) is 2.58. The van der Waals surface area contributed by atoms with Crippen molar-refractivity contribution in [3.8, 4) is 0 Å². The van der Waals surface area contributed by atoms with Crippen molar-refractivity contribution in [3.63, 3.8) is 0 Å². The van der Waals surface area contributed by atoms with Crippen molar-refractivity contribution in [2.75, 3.05) is 26.7 Å². The van der Waals surface area contributed by atoms with Gasteiger partial charge in [0.2, 0.25) is 11.8 Å². The van der Waals surface area contributed by atoms with Crippen LogP contribution in [0.25, 0.3) is 0 Å². The SMILES string of the molecule is CN(CC(=O)N1CCCC(C(=O)O)C1)C(=O)Cc1ccc(F)c(F)c1. The second-order valence-electron chi connectivity index (χ2n) is 6.19. The van der Waals surface area contributed by atoms with E-state index in [1.54, 1.807) is 0 Å². The zero-order valence-electron chi connectivity index (χ0n) is 13.9. The zero-order valence-corrected chi connectivity index (χ0v) is 13.9. The molecular formula is C17H20F2N2O4. The van der Waals surface area contributed by atoms with Crippen LogP contribution in [0.15, 0.2) is 18.2 Å². The third kappa shape index (κ3) is 4.98. The summed E-state index contributed by atoms with van der Waals surface area (Å²) in [6.07, 6.45) is 0.984. The lowest BCUT2D eigenvalue weighted by molar-refractivity contribution is -0.147. The van der Waals surface area contributed by atoms with Gasteiger partial charge in [-0.3, -0.25) is 14.4 Å². The maximum absolute atomic E-state index is 13.2. The number of piperidine rings is 1. The van der Waals surface area contributed by atoms with Gasteiger partial charge in [-0.25, -0.2) is 8.78 Å². The molecule has 0 bridgehead atoms. The summed E-state index contributed by atoms with van der Waals surface area (Å²) < 4.78 is 26.1. The molecule has 0 aromatic heterocycles. The number of carbonyl (C=O) groups excluding carboxylic acids is 2. The zero-order chi connectivity index (χ0) is 18.6. The number of benzene rings is 1. The largest absolute Gasteiger partial charge is 0.481 e. The molecule has 1 fully saturated rings. The van der Waals surface area contributed by atoms with E-state index in [2.05, 4.69) is 0 Å². The number of nitrogens with zero attached hydrogens (tertiary/aromatic N) is 2. The van der Waals surface area contributed by atoms with E-state index in [-0.39, 0.29) is 25.4 Å². The summed E-state index contributed by atoms with van der Waals surface area (Å²) in [7, 11) is 1.44. The van der Waals surface area contributed by atoms with Gasteiger partial charge in [0.1, 0.15) is 0 Å². The van der Waals surface area contributed by atoms with Crippen LogP contribution < -0.4 is 0 Å². The summed E-state index contributed by atoms with van der Waals surface area (Å²) in [6, 6.07) is 3.21. The van der Waals surface area contributed by atoms with Crippen LogP contribution in [0.5, 0.6) is 0 Å². The Morgan fingerprint density at radius 2 is 2.00 bits per heavy atom. The molecule has 0 radical (unpaired) electrons. The minimum absolute atomic E-state index is 0.138. The predicted molar refractivity (Wildman–Crippen MR) is 84.6 cm³/mol. The number of likely N-dealkylation sites (N-methyl/N-ethyl adjacent to an activating group) is 1. The van der Waals surface area contributed by atoms with E-state index in [9.17, 15) is 23.2 Å². The maximum Gasteiger partial charge on any atom is 0.308 e. The van der Waals surface area contributed by atoms with Crippen LogP contribution in [0.3, 0.4) is 0 Å². The first-order chi connectivity index (χ1) is 11.8. The number of carbonyl (C=O) groups is 3. The molecule has 2 rings (SSSR count). The van der Waals surface area contributed by atoms with Crippen LogP contribution in [0.1, 0.15) is 18.4 Å². The minimum Gasteiger partial charge on any atom is -0.481 e. The number of hydrogen-bond acceptors (Lipinski definition) is 3. The lowest BCUT2D eigenvalue weighted by atomic mass is 9.98. The van der Waals surface area contributed by atoms with Crippen molar-refractivity contribution in [3.05, 3.63) is 35.4 Å². The number of hydrogen-bond donors (Lipinski definition) is 1. The number of carboxylic acids is 1. The fourth-order valence-electron chi connectivity index (χ4n) is 2.76. The molecule has 1 atom stereocenters. The van der Waals surface area contributed by atoms with Gasteiger partial charge in [-0.05, 0) is 30.5 Å². The molecule has 25 heavy (non-hydrogen) atoms. The predicted octanol–water partition coefficient (Wildman–Crippen LogP) is 1.29. The Hall–Kier alpha value is -2.51. The summed E-state index contributed by atoms with van der Waals surface area (Å²) in [5, 5.41) is 9.05. The quantitative estimate of drug-likeness (QED) is 0.864. The first-order valence-electron chi connectivity index (χ1n) is 7.96. The fraction of sp³-hybridized carbons (Fsp3) is 0.471. The number of carboxylic acid groups (broad SMARTS) is 1. The summed E-state index contributed by atoms with van der Waals surface area (Å²) >= 11 is 0. The van der Waals surface area contributed by atoms with Gasteiger partial charge >= 0.3 is 5.97 Å². The molecule has 8 heteroatoms. The van der Waals surface area contributed by atoms with E-state index in [0.717, 1.165) is 12.1 Å². The number of amides is 2. The summed E-state index contributed by atoms with van der Waals surface area (Å²) in [4.78, 5) is 38.1. The fourth-order valence-corrected chi connectivity index (χ4v) is 2.76. The van der Waals surface area contributed by atoms with Gasteiger partial charge in [0.15, 0.2) is 11.6 Å². The van der Waals surface area contributed by atoms with Crippen molar-refractivity contribution >= 4 is 17.8 Å². The average molecular weight is 354 g/mol. The Labute approximate surface area is 144 Å². The highest BCUT2D eigenvalue weighted by atomic mass is 19.2. The second kappa shape index (κ2) is 8.04. The van der Waals surface area contributed by atoms with Gasteiger partial charge in [-0.15, -0.1) is 0 Å². The molecule has 1 aromatic rings. The van der Waals surface area contributed by atoms with Gasteiger partial charge in [0.05, 0.1) is 18.9 Å². The standard InChI is InChI=1S/C17H20F2N2O4/c1-20(15(22)8-11-4-5-13(18)14(19)7-11)10-16(23)21-6-2-3-12(9-21)17(24)25/h4-5,7,12H,2-3,6,8-10H2,1H3,(H,24,25). The molecule has 1 unspecified atom stereocenters. The van der Waals surface area contributed by atoms with Crippen LogP contribution >= 0.6 is 0 Å². The van der Waals surface area contributed by atoms with E-state index in [1.807, 2.05) is 0 Å². The first kappa shape index (κ1) is 18.8. The highest BCUT2D eigenvalue weighted by molar-refractivity contribution is 5.86. The molecule has 2 amide bonds. The molecule has 136 valence electrons. The van der Waals surface area contributed by atoms with Crippen LogP contribution in [-0.2, 0) is 20.8 Å². The smallest absolute Gasteiger partial charge is 0.308 e. The molecule has 1 aromatic carbocycles.